The molecule has 1 N–H and O–H groups in total. The van der Waals surface area contributed by atoms with Gasteiger partial charge in [-0.3, -0.25) is 4.79 Å². The first kappa shape index (κ1) is 16.7. The Hall–Kier alpha value is -3.14. The second kappa shape index (κ2) is 8.11. The standard InChI is InChI=1S/C21H20N2O2/c24-19-11-5-4-10-18(19)13-14-21(25)22-20-12-6-7-15-23(20)16-17-8-2-1-3-9-17/h1-12,15,24H,13-14,16H2. The summed E-state index contributed by atoms with van der Waals surface area (Å²) in [6.45, 7) is 0.660. The van der Waals surface area contributed by atoms with E-state index in [1.807, 2.05) is 71.4 Å². The fraction of sp³-hybridized carbons (Fsp3) is 0.143. The molecule has 25 heavy (non-hydrogen) atoms. The number of phenolic OH excluding ortho intramolecular Hbond substituents is 1. The Morgan fingerprint density at radius 1 is 0.920 bits per heavy atom. The molecule has 0 radical (unpaired) electrons. The van der Waals surface area contributed by atoms with E-state index in [1.165, 1.54) is 0 Å². The highest BCUT2D eigenvalue weighted by molar-refractivity contribution is 5.77. The molecular weight excluding hydrogens is 312 g/mol. The SMILES string of the molecule is O=C(CCc1ccccc1O)N=c1ccccn1Cc1ccccc1. The smallest absolute Gasteiger partial charge is 0.247 e. The third-order valence-corrected chi connectivity index (χ3v) is 3.95. The van der Waals surface area contributed by atoms with Crippen LogP contribution < -0.4 is 5.49 Å². The number of phenols is 1. The van der Waals surface area contributed by atoms with E-state index in [4.69, 9.17) is 0 Å². The number of hydrogen-bond acceptors (Lipinski definition) is 2. The molecule has 1 heterocycles. The van der Waals surface area contributed by atoms with Crippen molar-refractivity contribution in [1.29, 1.82) is 0 Å². The molecule has 0 spiro atoms. The molecule has 0 aliphatic carbocycles. The highest BCUT2D eigenvalue weighted by Gasteiger charge is 2.05. The van der Waals surface area contributed by atoms with E-state index >= 15 is 0 Å². The van der Waals surface area contributed by atoms with Gasteiger partial charge in [0.25, 0.3) is 0 Å². The van der Waals surface area contributed by atoms with E-state index in [0.717, 1.165) is 11.1 Å². The molecule has 4 nitrogen and oxygen atoms in total. The maximum atomic E-state index is 12.2. The van der Waals surface area contributed by atoms with Gasteiger partial charge in [0, 0.05) is 19.2 Å². The lowest BCUT2D eigenvalue weighted by atomic mass is 10.1. The molecule has 3 aromatic rings. The van der Waals surface area contributed by atoms with E-state index in [2.05, 4.69) is 4.99 Å². The van der Waals surface area contributed by atoms with Crippen LogP contribution in [0.2, 0.25) is 0 Å². The lowest BCUT2D eigenvalue weighted by Gasteiger charge is -2.07. The van der Waals surface area contributed by atoms with Crippen molar-refractivity contribution in [2.45, 2.75) is 19.4 Å². The van der Waals surface area contributed by atoms with Gasteiger partial charge in [-0.05, 0) is 35.7 Å². The van der Waals surface area contributed by atoms with Gasteiger partial charge < -0.3 is 9.67 Å². The minimum Gasteiger partial charge on any atom is -0.508 e. The summed E-state index contributed by atoms with van der Waals surface area (Å²) < 4.78 is 1.95. The van der Waals surface area contributed by atoms with Crippen molar-refractivity contribution in [3.63, 3.8) is 0 Å². The Morgan fingerprint density at radius 3 is 2.44 bits per heavy atom. The van der Waals surface area contributed by atoms with Crippen molar-refractivity contribution in [3.05, 3.63) is 95.6 Å². The van der Waals surface area contributed by atoms with Crippen LogP contribution in [0.4, 0.5) is 0 Å². The Morgan fingerprint density at radius 2 is 1.64 bits per heavy atom. The monoisotopic (exact) mass is 332 g/mol. The van der Waals surface area contributed by atoms with Gasteiger partial charge in [0.2, 0.25) is 5.91 Å². The Balaban J connectivity index is 1.74. The van der Waals surface area contributed by atoms with E-state index < -0.39 is 0 Å². The average molecular weight is 332 g/mol. The predicted molar refractivity (Wildman–Crippen MR) is 97.0 cm³/mol. The average Bonchev–Trinajstić information content (AvgIpc) is 2.64. The zero-order chi connectivity index (χ0) is 17.5. The number of nitrogens with zero attached hydrogens (tertiary/aromatic N) is 2. The number of pyridine rings is 1. The number of carbonyl (C=O) groups is 1. The zero-order valence-electron chi connectivity index (χ0n) is 13.9. The van der Waals surface area contributed by atoms with Crippen LogP contribution in [0.1, 0.15) is 17.5 Å². The van der Waals surface area contributed by atoms with Crippen LogP contribution in [0.3, 0.4) is 0 Å². The second-order valence-corrected chi connectivity index (χ2v) is 5.81. The second-order valence-electron chi connectivity index (χ2n) is 5.81. The maximum Gasteiger partial charge on any atom is 0.247 e. The van der Waals surface area contributed by atoms with Crippen LogP contribution in [-0.2, 0) is 17.8 Å². The predicted octanol–water partition coefficient (Wildman–Crippen LogP) is 3.30. The van der Waals surface area contributed by atoms with Crippen LogP contribution in [0, 0.1) is 0 Å². The summed E-state index contributed by atoms with van der Waals surface area (Å²) in [5.74, 6) is 0.0189. The van der Waals surface area contributed by atoms with Crippen LogP contribution in [0.5, 0.6) is 5.75 Å². The molecule has 0 fully saturated rings. The van der Waals surface area contributed by atoms with Crippen molar-refractivity contribution in [2.75, 3.05) is 0 Å². The number of aromatic nitrogens is 1. The number of aromatic hydroxyl groups is 1. The Bertz CT molecular complexity index is 914. The fourth-order valence-corrected chi connectivity index (χ4v) is 2.63. The summed E-state index contributed by atoms with van der Waals surface area (Å²) in [5, 5.41) is 9.78. The number of rotatable bonds is 5. The molecular formula is C21H20N2O2. The third kappa shape index (κ3) is 4.67. The van der Waals surface area contributed by atoms with Crippen LogP contribution in [0.15, 0.2) is 84.0 Å². The number of para-hydroxylation sites is 1. The summed E-state index contributed by atoms with van der Waals surface area (Å²) in [6, 6.07) is 22.7. The largest absolute Gasteiger partial charge is 0.508 e. The van der Waals surface area contributed by atoms with Gasteiger partial charge in [-0.1, -0.05) is 54.6 Å². The normalized spacial score (nSPS) is 11.4. The molecule has 0 bridgehead atoms. The van der Waals surface area contributed by atoms with Crippen LogP contribution in [0.25, 0.3) is 0 Å². The maximum absolute atomic E-state index is 12.2. The van der Waals surface area contributed by atoms with E-state index in [0.29, 0.717) is 18.5 Å². The molecule has 0 saturated carbocycles. The molecule has 3 rings (SSSR count). The molecule has 4 heteroatoms. The number of benzene rings is 2. The molecule has 1 amide bonds. The fourth-order valence-electron chi connectivity index (χ4n) is 2.63. The van der Waals surface area contributed by atoms with Gasteiger partial charge in [0.1, 0.15) is 11.2 Å². The Labute approximate surface area is 146 Å². The first-order valence-electron chi connectivity index (χ1n) is 8.26. The number of aryl methyl sites for hydroxylation is 1. The molecule has 0 aliphatic rings. The summed E-state index contributed by atoms with van der Waals surface area (Å²) in [5.41, 5.74) is 2.54. The quantitative estimate of drug-likeness (QED) is 0.779. The Kier molecular flexibility index (Phi) is 5.42. The molecule has 2 aromatic carbocycles. The first-order chi connectivity index (χ1) is 12.2. The van der Waals surface area contributed by atoms with Crippen molar-refractivity contribution < 1.29 is 9.90 Å². The minimum atomic E-state index is -0.198. The van der Waals surface area contributed by atoms with Gasteiger partial charge in [-0.2, -0.15) is 4.99 Å². The van der Waals surface area contributed by atoms with Gasteiger partial charge in [0.05, 0.1) is 0 Å². The lowest BCUT2D eigenvalue weighted by Crippen LogP contribution is -2.22. The van der Waals surface area contributed by atoms with Crippen molar-refractivity contribution in [2.24, 2.45) is 4.99 Å². The molecule has 0 atom stereocenters. The van der Waals surface area contributed by atoms with Gasteiger partial charge in [-0.25, -0.2) is 0 Å². The highest BCUT2D eigenvalue weighted by Crippen LogP contribution is 2.17. The summed E-state index contributed by atoms with van der Waals surface area (Å²) in [6.07, 6.45) is 2.65. The van der Waals surface area contributed by atoms with Crippen molar-refractivity contribution in [1.82, 2.24) is 4.57 Å². The zero-order valence-corrected chi connectivity index (χ0v) is 13.9. The van der Waals surface area contributed by atoms with E-state index in [1.54, 1.807) is 12.1 Å². The topological polar surface area (TPSA) is 54.6 Å². The lowest BCUT2D eigenvalue weighted by molar-refractivity contribution is -0.118. The van der Waals surface area contributed by atoms with Gasteiger partial charge in [0.15, 0.2) is 0 Å². The summed E-state index contributed by atoms with van der Waals surface area (Å²) >= 11 is 0. The van der Waals surface area contributed by atoms with Crippen molar-refractivity contribution in [3.8, 4) is 5.75 Å². The molecule has 126 valence electrons. The number of amides is 1. The summed E-state index contributed by atoms with van der Waals surface area (Å²) in [7, 11) is 0. The van der Waals surface area contributed by atoms with E-state index in [9.17, 15) is 9.90 Å². The first-order valence-corrected chi connectivity index (χ1v) is 8.26. The molecule has 0 aliphatic heterocycles. The van der Waals surface area contributed by atoms with Gasteiger partial charge >= 0.3 is 0 Å². The van der Waals surface area contributed by atoms with Crippen molar-refractivity contribution >= 4 is 5.91 Å². The number of carbonyl (C=O) groups excluding carboxylic acids is 1. The van der Waals surface area contributed by atoms with Crippen LogP contribution in [-0.4, -0.2) is 15.6 Å². The summed E-state index contributed by atoms with van der Waals surface area (Å²) in [4.78, 5) is 16.5. The highest BCUT2D eigenvalue weighted by atomic mass is 16.3. The molecule has 0 unspecified atom stereocenters. The molecule has 1 aromatic heterocycles. The minimum absolute atomic E-state index is 0.198. The number of hydrogen-bond donors (Lipinski definition) is 1. The van der Waals surface area contributed by atoms with Crippen LogP contribution >= 0.6 is 0 Å². The molecule has 0 saturated heterocycles. The van der Waals surface area contributed by atoms with E-state index in [-0.39, 0.29) is 18.1 Å². The third-order valence-electron chi connectivity index (χ3n) is 3.95. The van der Waals surface area contributed by atoms with Gasteiger partial charge in [-0.15, -0.1) is 0 Å².